The van der Waals surface area contributed by atoms with E-state index >= 15 is 0 Å². The SMILES string of the molecule is CC(C)(C)NS(=O)(=O)c1cccc2c(NC(=O)C(CC3CCOCC3)NC(=O)c3ccc(F)cc3)cccc12. The highest BCUT2D eigenvalue weighted by atomic mass is 32.2. The third-order valence-electron chi connectivity index (χ3n) is 6.51. The monoisotopic (exact) mass is 555 g/mol. The third kappa shape index (κ3) is 7.40. The molecule has 1 saturated heterocycles. The van der Waals surface area contributed by atoms with E-state index < -0.39 is 39.2 Å². The number of sulfonamides is 1. The van der Waals surface area contributed by atoms with Crippen LogP contribution in [0.3, 0.4) is 0 Å². The van der Waals surface area contributed by atoms with E-state index in [1.165, 1.54) is 30.3 Å². The first-order valence-corrected chi connectivity index (χ1v) is 14.4. The summed E-state index contributed by atoms with van der Waals surface area (Å²) in [5.74, 6) is -1.19. The zero-order valence-electron chi connectivity index (χ0n) is 22.3. The van der Waals surface area contributed by atoms with Gasteiger partial charge in [-0.15, -0.1) is 0 Å². The van der Waals surface area contributed by atoms with Crippen LogP contribution in [0, 0.1) is 11.7 Å². The fraction of sp³-hybridized carbons (Fsp3) is 0.379. The molecule has 1 fully saturated rings. The minimum atomic E-state index is -3.83. The molecule has 208 valence electrons. The highest BCUT2D eigenvalue weighted by molar-refractivity contribution is 7.89. The standard InChI is InChI=1S/C29H34FN3O5S/c1-29(2,3)33-39(36,37)26-9-5-6-22-23(26)7-4-8-24(22)31-28(35)25(18-19-14-16-38-17-15-19)32-27(34)20-10-12-21(30)13-11-20/h4-13,19,25,33H,14-18H2,1-3H3,(H,31,35)(H,32,34). The van der Waals surface area contributed by atoms with Crippen LogP contribution in [0.4, 0.5) is 10.1 Å². The first kappa shape index (κ1) is 28.7. The number of carbonyl (C=O) groups excluding carboxylic acids is 2. The van der Waals surface area contributed by atoms with Gasteiger partial charge in [0.2, 0.25) is 15.9 Å². The maximum atomic E-state index is 13.6. The van der Waals surface area contributed by atoms with Crippen LogP contribution in [0.25, 0.3) is 10.8 Å². The molecule has 0 spiro atoms. The number of anilines is 1. The van der Waals surface area contributed by atoms with Gasteiger partial charge in [0.05, 0.1) is 4.90 Å². The van der Waals surface area contributed by atoms with Gasteiger partial charge in [0, 0.05) is 40.8 Å². The van der Waals surface area contributed by atoms with Gasteiger partial charge in [0.15, 0.2) is 0 Å². The Kier molecular flexibility index (Phi) is 8.68. The van der Waals surface area contributed by atoms with Crippen molar-refractivity contribution in [3.8, 4) is 0 Å². The minimum Gasteiger partial charge on any atom is -0.381 e. The second-order valence-corrected chi connectivity index (χ2v) is 12.5. The Labute approximate surface area is 228 Å². The summed E-state index contributed by atoms with van der Waals surface area (Å²) in [5.41, 5.74) is -0.00159. The van der Waals surface area contributed by atoms with E-state index in [0.29, 0.717) is 36.1 Å². The molecule has 3 aromatic rings. The summed E-state index contributed by atoms with van der Waals surface area (Å²) in [4.78, 5) is 26.6. The number of hydrogen-bond donors (Lipinski definition) is 3. The van der Waals surface area contributed by atoms with Gasteiger partial charge in [0.25, 0.3) is 5.91 Å². The van der Waals surface area contributed by atoms with Crippen LogP contribution in [-0.2, 0) is 19.6 Å². The van der Waals surface area contributed by atoms with E-state index in [1.807, 2.05) is 0 Å². The highest BCUT2D eigenvalue weighted by Crippen LogP contribution is 2.30. The summed E-state index contributed by atoms with van der Waals surface area (Å²) < 4.78 is 47.7. The molecule has 3 N–H and O–H groups in total. The first-order valence-electron chi connectivity index (χ1n) is 12.9. The Morgan fingerprint density at radius 1 is 0.974 bits per heavy atom. The number of rotatable bonds is 8. The lowest BCUT2D eigenvalue weighted by atomic mass is 9.92. The molecule has 1 unspecified atom stereocenters. The van der Waals surface area contributed by atoms with Gasteiger partial charge < -0.3 is 15.4 Å². The van der Waals surface area contributed by atoms with Crippen LogP contribution in [0.1, 0.15) is 50.4 Å². The molecule has 3 aromatic carbocycles. The molecule has 8 nitrogen and oxygen atoms in total. The lowest BCUT2D eigenvalue weighted by molar-refractivity contribution is -0.118. The number of ether oxygens (including phenoxy) is 1. The maximum Gasteiger partial charge on any atom is 0.251 e. The Morgan fingerprint density at radius 2 is 1.62 bits per heavy atom. The molecule has 0 radical (unpaired) electrons. The normalized spacial score (nSPS) is 15.6. The van der Waals surface area contributed by atoms with Crippen LogP contribution in [0.5, 0.6) is 0 Å². The second-order valence-electron chi connectivity index (χ2n) is 10.8. The molecule has 0 aliphatic carbocycles. The Balaban J connectivity index is 1.62. The predicted molar refractivity (Wildman–Crippen MR) is 148 cm³/mol. The van der Waals surface area contributed by atoms with E-state index in [2.05, 4.69) is 15.4 Å². The summed E-state index contributed by atoms with van der Waals surface area (Å²) in [5, 5.41) is 6.73. The van der Waals surface area contributed by atoms with Crippen molar-refractivity contribution in [2.45, 2.75) is 56.5 Å². The highest BCUT2D eigenvalue weighted by Gasteiger charge is 2.28. The van der Waals surface area contributed by atoms with Gasteiger partial charge in [0.1, 0.15) is 11.9 Å². The zero-order valence-corrected chi connectivity index (χ0v) is 23.1. The number of fused-ring (bicyclic) bond motifs is 1. The maximum absolute atomic E-state index is 13.6. The summed E-state index contributed by atoms with van der Waals surface area (Å²) >= 11 is 0. The lowest BCUT2D eigenvalue weighted by Gasteiger charge is -2.27. The lowest BCUT2D eigenvalue weighted by Crippen LogP contribution is -2.45. The molecule has 0 bridgehead atoms. The van der Waals surface area contributed by atoms with Crippen LogP contribution in [-0.4, -0.2) is 45.0 Å². The molecular weight excluding hydrogens is 521 g/mol. The molecule has 1 atom stereocenters. The third-order valence-corrected chi connectivity index (χ3v) is 8.32. The fourth-order valence-corrected chi connectivity index (χ4v) is 6.33. The summed E-state index contributed by atoms with van der Waals surface area (Å²) in [7, 11) is -3.83. The molecule has 1 heterocycles. The van der Waals surface area contributed by atoms with Crippen LogP contribution in [0.2, 0.25) is 0 Å². The smallest absolute Gasteiger partial charge is 0.251 e. The number of nitrogens with one attached hydrogen (secondary N) is 3. The Bertz CT molecular complexity index is 1450. The van der Waals surface area contributed by atoms with Crippen molar-refractivity contribution in [1.82, 2.24) is 10.0 Å². The molecule has 39 heavy (non-hydrogen) atoms. The number of carbonyl (C=O) groups is 2. The summed E-state index contributed by atoms with van der Waals surface area (Å²) in [6, 6.07) is 14.2. The summed E-state index contributed by atoms with van der Waals surface area (Å²) in [6.07, 6.45) is 1.95. The molecule has 1 aliphatic rings. The van der Waals surface area contributed by atoms with Crippen LogP contribution < -0.4 is 15.4 Å². The van der Waals surface area contributed by atoms with E-state index in [-0.39, 0.29) is 16.4 Å². The zero-order chi connectivity index (χ0) is 28.2. The van der Waals surface area contributed by atoms with Crippen molar-refractivity contribution >= 4 is 38.3 Å². The first-order chi connectivity index (χ1) is 18.4. The second kappa shape index (κ2) is 11.8. The van der Waals surface area contributed by atoms with Gasteiger partial charge in [-0.25, -0.2) is 17.5 Å². The molecule has 0 aromatic heterocycles. The van der Waals surface area contributed by atoms with Crippen molar-refractivity contribution < 1.29 is 27.1 Å². The van der Waals surface area contributed by atoms with Crippen molar-refractivity contribution in [2.75, 3.05) is 18.5 Å². The number of benzene rings is 3. The van der Waals surface area contributed by atoms with Crippen molar-refractivity contribution in [3.63, 3.8) is 0 Å². The number of amides is 2. The minimum absolute atomic E-state index is 0.106. The quantitative estimate of drug-likeness (QED) is 0.376. The molecule has 4 rings (SSSR count). The van der Waals surface area contributed by atoms with Gasteiger partial charge >= 0.3 is 0 Å². The molecule has 10 heteroatoms. The van der Waals surface area contributed by atoms with E-state index in [9.17, 15) is 22.4 Å². The molecule has 0 saturated carbocycles. The summed E-state index contributed by atoms with van der Waals surface area (Å²) in [6.45, 7) is 6.47. The van der Waals surface area contributed by atoms with E-state index in [0.717, 1.165) is 12.8 Å². The number of halogens is 1. The van der Waals surface area contributed by atoms with Crippen molar-refractivity contribution in [3.05, 3.63) is 72.0 Å². The van der Waals surface area contributed by atoms with E-state index in [1.54, 1.807) is 51.1 Å². The largest absolute Gasteiger partial charge is 0.381 e. The molecular formula is C29H34FN3O5S. The number of hydrogen-bond acceptors (Lipinski definition) is 5. The average Bonchev–Trinajstić information content (AvgIpc) is 2.87. The Hall–Kier alpha value is -3.34. The fourth-order valence-electron chi connectivity index (χ4n) is 4.69. The van der Waals surface area contributed by atoms with Crippen LogP contribution in [0.15, 0.2) is 65.6 Å². The van der Waals surface area contributed by atoms with Crippen LogP contribution >= 0.6 is 0 Å². The van der Waals surface area contributed by atoms with E-state index in [4.69, 9.17) is 4.74 Å². The van der Waals surface area contributed by atoms with Gasteiger partial charge in [-0.05, 0) is 82.3 Å². The predicted octanol–water partition coefficient (Wildman–Crippen LogP) is 4.61. The van der Waals surface area contributed by atoms with Gasteiger partial charge in [-0.2, -0.15) is 0 Å². The van der Waals surface area contributed by atoms with Crippen molar-refractivity contribution in [2.24, 2.45) is 5.92 Å². The topological polar surface area (TPSA) is 114 Å². The van der Waals surface area contributed by atoms with Gasteiger partial charge in [-0.1, -0.05) is 24.3 Å². The Morgan fingerprint density at radius 3 is 2.28 bits per heavy atom. The molecule has 1 aliphatic heterocycles. The van der Waals surface area contributed by atoms with Gasteiger partial charge in [-0.3, -0.25) is 9.59 Å². The molecule has 2 amide bonds. The average molecular weight is 556 g/mol. The van der Waals surface area contributed by atoms with Crippen molar-refractivity contribution in [1.29, 1.82) is 0 Å².